The number of anilines is 1. The Morgan fingerprint density at radius 3 is 2.68 bits per heavy atom. The van der Waals surface area contributed by atoms with Crippen LogP contribution in [0, 0.1) is 19.7 Å². The van der Waals surface area contributed by atoms with Crippen molar-refractivity contribution in [1.29, 1.82) is 0 Å². The summed E-state index contributed by atoms with van der Waals surface area (Å²) in [7, 11) is -3.08. The number of hydrogen-bond donors (Lipinski definition) is 2. The van der Waals surface area contributed by atoms with E-state index in [4.69, 9.17) is 9.84 Å². The number of rotatable bonds is 10. The Kier molecular flexibility index (Phi) is 8.41. The third kappa shape index (κ3) is 6.72. The van der Waals surface area contributed by atoms with Gasteiger partial charge in [0, 0.05) is 18.4 Å². The lowest BCUT2D eigenvalue weighted by molar-refractivity contribution is -0.136. The smallest absolute Gasteiger partial charge is 0.303 e. The van der Waals surface area contributed by atoms with Gasteiger partial charge < -0.3 is 15.2 Å². The molecule has 202 valence electrons. The summed E-state index contributed by atoms with van der Waals surface area (Å²) < 4.78 is 43.5. The third-order valence-corrected chi connectivity index (χ3v) is 8.02. The molecule has 38 heavy (non-hydrogen) atoms. The van der Waals surface area contributed by atoms with Gasteiger partial charge in [-0.25, -0.2) is 12.8 Å². The summed E-state index contributed by atoms with van der Waals surface area (Å²) in [5, 5.41) is 12.6. The monoisotopic (exact) mass is 539 g/mol. The van der Waals surface area contributed by atoms with E-state index >= 15 is 4.39 Å². The highest BCUT2D eigenvalue weighted by molar-refractivity contribution is 7.90. The molecule has 0 saturated carbocycles. The lowest BCUT2D eigenvalue weighted by Crippen LogP contribution is -2.18. The zero-order valence-corrected chi connectivity index (χ0v) is 22.8. The second-order valence-electron chi connectivity index (χ2n) is 10.1. The lowest BCUT2D eigenvalue weighted by atomic mass is 9.89. The molecule has 0 radical (unpaired) electrons. The van der Waals surface area contributed by atoms with E-state index in [0.29, 0.717) is 18.4 Å². The summed E-state index contributed by atoms with van der Waals surface area (Å²) in [5.74, 6) is -1.08. The first-order chi connectivity index (χ1) is 18.0. The molecule has 0 amide bonds. The molecule has 1 aliphatic heterocycles. The maximum atomic E-state index is 15.3. The fourth-order valence-corrected chi connectivity index (χ4v) is 5.74. The van der Waals surface area contributed by atoms with E-state index in [9.17, 15) is 13.2 Å². The van der Waals surface area contributed by atoms with Crippen LogP contribution in [0.15, 0.2) is 48.5 Å². The molecule has 0 aliphatic carbocycles. The minimum Gasteiger partial charge on any atom is -0.490 e. The summed E-state index contributed by atoms with van der Waals surface area (Å²) >= 11 is 0. The summed E-state index contributed by atoms with van der Waals surface area (Å²) in [6, 6.07) is 16.0. The first kappa shape index (κ1) is 27.6. The van der Waals surface area contributed by atoms with Gasteiger partial charge in [-0.3, -0.25) is 4.79 Å². The van der Waals surface area contributed by atoms with Crippen molar-refractivity contribution in [3.8, 4) is 16.9 Å². The van der Waals surface area contributed by atoms with E-state index in [1.807, 2.05) is 31.2 Å². The van der Waals surface area contributed by atoms with Gasteiger partial charge in [0.15, 0.2) is 11.6 Å². The maximum absolute atomic E-state index is 15.3. The summed E-state index contributed by atoms with van der Waals surface area (Å²) in [6.45, 7) is 3.80. The molecule has 1 heterocycles. The normalized spacial score (nSPS) is 15.0. The number of benzene rings is 3. The van der Waals surface area contributed by atoms with Crippen molar-refractivity contribution < 1.29 is 27.4 Å². The quantitative estimate of drug-likeness (QED) is 0.305. The van der Waals surface area contributed by atoms with E-state index in [0.717, 1.165) is 46.3 Å². The number of carbonyl (C=O) groups is 1. The first-order valence-corrected chi connectivity index (χ1v) is 14.9. The number of carboxylic acids is 1. The maximum Gasteiger partial charge on any atom is 0.303 e. The highest BCUT2D eigenvalue weighted by atomic mass is 32.2. The molecule has 6 nitrogen and oxygen atoms in total. The van der Waals surface area contributed by atoms with Crippen LogP contribution in [0.1, 0.15) is 53.1 Å². The Balaban J connectivity index is 1.51. The predicted octanol–water partition coefficient (Wildman–Crippen LogP) is 6.04. The first-order valence-electron chi connectivity index (χ1n) is 12.8. The average Bonchev–Trinajstić information content (AvgIpc) is 2.87. The van der Waals surface area contributed by atoms with Gasteiger partial charge in [-0.1, -0.05) is 30.3 Å². The van der Waals surface area contributed by atoms with Crippen molar-refractivity contribution in [1.82, 2.24) is 0 Å². The van der Waals surface area contributed by atoms with Crippen LogP contribution in [0.3, 0.4) is 0 Å². The molecular formula is C30H34FNO5S. The fraction of sp³-hybridized carbons (Fsp3) is 0.367. The van der Waals surface area contributed by atoms with Crippen molar-refractivity contribution in [2.45, 2.75) is 52.0 Å². The van der Waals surface area contributed by atoms with Gasteiger partial charge in [0.05, 0.1) is 18.4 Å². The van der Waals surface area contributed by atoms with Crippen LogP contribution in [0.25, 0.3) is 11.1 Å². The molecule has 0 spiro atoms. The largest absolute Gasteiger partial charge is 0.490 e. The number of sulfone groups is 1. The van der Waals surface area contributed by atoms with Gasteiger partial charge in [0.1, 0.15) is 9.84 Å². The summed E-state index contributed by atoms with van der Waals surface area (Å²) in [5.41, 5.74) is 7.53. The second kappa shape index (κ2) is 11.6. The van der Waals surface area contributed by atoms with E-state index in [1.165, 1.54) is 11.8 Å². The zero-order chi connectivity index (χ0) is 27.4. The number of carboxylic acid groups (broad SMARTS) is 1. The number of fused-ring (bicyclic) bond motifs is 1. The van der Waals surface area contributed by atoms with E-state index in [2.05, 4.69) is 23.5 Å². The molecule has 0 bridgehead atoms. The topological polar surface area (TPSA) is 92.7 Å². The van der Waals surface area contributed by atoms with Crippen LogP contribution in [0.2, 0.25) is 0 Å². The highest BCUT2D eigenvalue weighted by Crippen LogP contribution is 2.38. The SMILES string of the molecule is Cc1cc(OCCCS(C)(=O)=O)c(F)c(C)c1-c1cccc(C2CCc3cc(CCC(=O)O)ccc3N2)c1. The Bertz CT molecular complexity index is 1450. The van der Waals surface area contributed by atoms with Crippen LogP contribution >= 0.6 is 0 Å². The van der Waals surface area contributed by atoms with Gasteiger partial charge in [0.2, 0.25) is 0 Å². The molecule has 3 aromatic rings. The third-order valence-electron chi connectivity index (χ3n) is 6.99. The van der Waals surface area contributed by atoms with E-state index < -0.39 is 21.6 Å². The Morgan fingerprint density at radius 2 is 1.95 bits per heavy atom. The number of halogens is 1. The van der Waals surface area contributed by atoms with Gasteiger partial charge in [0.25, 0.3) is 0 Å². The second-order valence-corrected chi connectivity index (χ2v) is 12.3. The fourth-order valence-electron chi connectivity index (χ4n) is 5.10. The van der Waals surface area contributed by atoms with Gasteiger partial charge in [-0.15, -0.1) is 0 Å². The number of aryl methyl sites for hydroxylation is 3. The molecule has 8 heteroatoms. The summed E-state index contributed by atoms with van der Waals surface area (Å²) in [6.07, 6.45) is 3.90. The number of aliphatic carboxylic acids is 1. The minimum atomic E-state index is -3.08. The molecule has 1 unspecified atom stereocenters. The molecule has 3 aromatic carbocycles. The van der Waals surface area contributed by atoms with Crippen molar-refractivity contribution >= 4 is 21.5 Å². The van der Waals surface area contributed by atoms with Gasteiger partial charge >= 0.3 is 5.97 Å². The number of hydrogen-bond acceptors (Lipinski definition) is 5. The van der Waals surface area contributed by atoms with Crippen molar-refractivity contribution in [2.75, 3.05) is 23.9 Å². The minimum absolute atomic E-state index is 0.00300. The van der Waals surface area contributed by atoms with Crippen LogP contribution < -0.4 is 10.1 Å². The van der Waals surface area contributed by atoms with Crippen molar-refractivity contribution in [3.05, 3.63) is 82.2 Å². The molecule has 0 fully saturated rings. The van der Waals surface area contributed by atoms with Crippen molar-refractivity contribution in [2.24, 2.45) is 0 Å². The Hall–Kier alpha value is -3.39. The van der Waals surface area contributed by atoms with Crippen LogP contribution in [-0.2, 0) is 27.5 Å². The Labute approximate surface area is 223 Å². The van der Waals surface area contributed by atoms with Gasteiger partial charge in [-0.2, -0.15) is 0 Å². The lowest BCUT2D eigenvalue weighted by Gasteiger charge is -2.28. The molecule has 2 N–H and O–H groups in total. The standard InChI is InChI=1S/C30H34FNO5S/c1-19-16-27(37-14-5-15-38(3,35)36)30(31)20(2)29(19)24-7-4-6-22(18-24)26-12-10-23-17-21(9-13-28(33)34)8-11-25(23)32-26/h4,6-8,11,16-18,26,32H,5,9-10,12-15H2,1-3H3,(H,33,34). The van der Waals surface area contributed by atoms with E-state index in [-0.39, 0.29) is 30.6 Å². The number of nitrogens with one attached hydrogen (secondary N) is 1. The number of ether oxygens (including phenoxy) is 1. The van der Waals surface area contributed by atoms with Crippen LogP contribution in [0.4, 0.5) is 10.1 Å². The molecule has 1 aliphatic rings. The molecular weight excluding hydrogens is 505 g/mol. The molecule has 4 rings (SSSR count). The highest BCUT2D eigenvalue weighted by Gasteiger charge is 2.21. The van der Waals surface area contributed by atoms with Crippen molar-refractivity contribution in [3.63, 3.8) is 0 Å². The molecule has 0 saturated heterocycles. The van der Waals surface area contributed by atoms with Crippen LogP contribution in [0.5, 0.6) is 5.75 Å². The Morgan fingerprint density at radius 1 is 1.16 bits per heavy atom. The summed E-state index contributed by atoms with van der Waals surface area (Å²) in [4.78, 5) is 10.9. The molecule has 0 aromatic heterocycles. The average molecular weight is 540 g/mol. The van der Waals surface area contributed by atoms with Crippen LogP contribution in [-0.4, -0.2) is 38.1 Å². The molecule has 1 atom stereocenters. The predicted molar refractivity (Wildman–Crippen MR) is 148 cm³/mol. The van der Waals surface area contributed by atoms with E-state index in [1.54, 1.807) is 13.0 Å². The van der Waals surface area contributed by atoms with Gasteiger partial charge in [-0.05, 0) is 96.7 Å². The zero-order valence-electron chi connectivity index (χ0n) is 22.0.